The van der Waals surface area contributed by atoms with Crippen molar-refractivity contribution in [3.8, 4) is 0 Å². The Morgan fingerprint density at radius 2 is 2.17 bits per heavy atom. The lowest BCUT2D eigenvalue weighted by Crippen LogP contribution is -2.20. The van der Waals surface area contributed by atoms with Crippen molar-refractivity contribution in [2.45, 2.75) is 32.7 Å². The molecule has 3 heteroatoms. The maximum atomic E-state index is 11.4. The molecule has 3 nitrogen and oxygen atoms in total. The van der Waals surface area contributed by atoms with Crippen molar-refractivity contribution < 1.29 is 4.79 Å². The normalized spacial score (nSPS) is 25.5. The van der Waals surface area contributed by atoms with E-state index in [1.165, 1.54) is 12.0 Å². The number of rotatable bonds is 3. The fraction of sp³-hybridized carbons (Fsp3) is 0.533. The minimum atomic E-state index is 0.106. The summed E-state index contributed by atoms with van der Waals surface area (Å²) in [6, 6.07) is 6.76. The fourth-order valence-corrected chi connectivity index (χ4v) is 3.12. The second kappa shape index (κ2) is 3.82. The molecule has 2 atom stereocenters. The summed E-state index contributed by atoms with van der Waals surface area (Å²) in [7, 11) is 2.02. The lowest BCUT2D eigenvalue weighted by molar-refractivity contribution is -0.115. The van der Waals surface area contributed by atoms with E-state index in [1.807, 2.05) is 13.1 Å². The molecule has 2 aliphatic rings. The molecule has 1 amide bonds. The molecule has 3 rings (SSSR count). The van der Waals surface area contributed by atoms with Crippen molar-refractivity contribution in [1.29, 1.82) is 0 Å². The molecule has 1 heterocycles. The van der Waals surface area contributed by atoms with Gasteiger partial charge in [0.1, 0.15) is 0 Å². The highest BCUT2D eigenvalue weighted by molar-refractivity contribution is 5.99. The van der Waals surface area contributed by atoms with E-state index < -0.39 is 0 Å². The Kier molecular flexibility index (Phi) is 2.49. The molecule has 1 aromatic carbocycles. The molecule has 1 aliphatic carbocycles. The van der Waals surface area contributed by atoms with Gasteiger partial charge in [0, 0.05) is 11.7 Å². The summed E-state index contributed by atoms with van der Waals surface area (Å²) >= 11 is 0. The van der Waals surface area contributed by atoms with Crippen molar-refractivity contribution in [2.75, 3.05) is 12.4 Å². The molecule has 0 saturated heterocycles. The summed E-state index contributed by atoms with van der Waals surface area (Å²) in [5.41, 5.74) is 3.87. The number of carbonyl (C=O) groups excluding carboxylic acids is 1. The Hall–Kier alpha value is -1.35. The smallest absolute Gasteiger partial charge is 0.228 e. The first-order valence-electron chi connectivity index (χ1n) is 6.61. The molecule has 0 bridgehead atoms. The van der Waals surface area contributed by atoms with Gasteiger partial charge in [0.15, 0.2) is 0 Å². The van der Waals surface area contributed by atoms with Gasteiger partial charge in [0.25, 0.3) is 0 Å². The van der Waals surface area contributed by atoms with Gasteiger partial charge in [-0.2, -0.15) is 0 Å². The Bertz CT molecular complexity index is 507. The number of carbonyl (C=O) groups is 1. The number of hydrogen-bond acceptors (Lipinski definition) is 2. The van der Waals surface area contributed by atoms with Crippen LogP contribution in [0, 0.1) is 11.3 Å². The number of anilines is 1. The third-order valence-electron chi connectivity index (χ3n) is 4.42. The third kappa shape index (κ3) is 1.83. The molecular formula is C15H20N2O. The standard InChI is InChI=1S/C15H20N2O/c1-15(2)8-11(15)14(16-3)9-4-5-12-10(6-9)7-13(18)17-12/h4-6,11,14,16H,7-8H2,1-3H3,(H,17,18). The Morgan fingerprint density at radius 1 is 1.44 bits per heavy atom. The average molecular weight is 244 g/mol. The van der Waals surface area contributed by atoms with E-state index in [9.17, 15) is 4.79 Å². The summed E-state index contributed by atoms with van der Waals surface area (Å²) in [4.78, 5) is 11.4. The first-order valence-corrected chi connectivity index (χ1v) is 6.61. The topological polar surface area (TPSA) is 41.1 Å². The van der Waals surface area contributed by atoms with Crippen LogP contribution in [0.25, 0.3) is 0 Å². The first-order chi connectivity index (χ1) is 8.51. The van der Waals surface area contributed by atoms with Crippen LogP contribution in [0.5, 0.6) is 0 Å². The molecule has 1 fully saturated rings. The minimum Gasteiger partial charge on any atom is -0.326 e. The van der Waals surface area contributed by atoms with Gasteiger partial charge in [-0.3, -0.25) is 4.79 Å². The van der Waals surface area contributed by atoms with Gasteiger partial charge in [0.2, 0.25) is 5.91 Å². The van der Waals surface area contributed by atoms with Crippen LogP contribution in [0.2, 0.25) is 0 Å². The second-order valence-corrected chi connectivity index (χ2v) is 6.21. The monoisotopic (exact) mass is 244 g/mol. The van der Waals surface area contributed by atoms with Crippen molar-refractivity contribution in [3.63, 3.8) is 0 Å². The van der Waals surface area contributed by atoms with Gasteiger partial charge in [-0.1, -0.05) is 26.0 Å². The van der Waals surface area contributed by atoms with Crippen LogP contribution in [0.3, 0.4) is 0 Å². The van der Waals surface area contributed by atoms with Crippen LogP contribution in [-0.2, 0) is 11.2 Å². The lowest BCUT2D eigenvalue weighted by Gasteiger charge is -2.19. The van der Waals surface area contributed by atoms with Gasteiger partial charge < -0.3 is 10.6 Å². The number of fused-ring (bicyclic) bond motifs is 1. The van der Waals surface area contributed by atoms with E-state index in [0.29, 0.717) is 23.8 Å². The van der Waals surface area contributed by atoms with E-state index in [-0.39, 0.29) is 5.91 Å². The van der Waals surface area contributed by atoms with Crippen molar-refractivity contribution in [3.05, 3.63) is 29.3 Å². The van der Waals surface area contributed by atoms with Crippen LogP contribution in [-0.4, -0.2) is 13.0 Å². The summed E-state index contributed by atoms with van der Waals surface area (Å²) in [6.45, 7) is 4.64. The molecule has 96 valence electrons. The van der Waals surface area contributed by atoms with E-state index in [4.69, 9.17) is 0 Å². The van der Waals surface area contributed by atoms with Crippen LogP contribution in [0.4, 0.5) is 5.69 Å². The van der Waals surface area contributed by atoms with Gasteiger partial charge in [-0.05, 0) is 42.0 Å². The summed E-state index contributed by atoms with van der Waals surface area (Å²) in [5.74, 6) is 0.806. The number of nitrogens with one attached hydrogen (secondary N) is 2. The zero-order chi connectivity index (χ0) is 12.9. The molecule has 0 aromatic heterocycles. The molecule has 2 unspecified atom stereocenters. The average Bonchev–Trinajstić information content (AvgIpc) is 2.77. The van der Waals surface area contributed by atoms with E-state index >= 15 is 0 Å². The summed E-state index contributed by atoms with van der Waals surface area (Å²) < 4.78 is 0. The van der Waals surface area contributed by atoms with Gasteiger partial charge in [0.05, 0.1) is 6.42 Å². The molecule has 2 N–H and O–H groups in total. The number of amides is 1. The summed E-state index contributed by atoms with van der Waals surface area (Å²) in [5, 5.41) is 6.32. The van der Waals surface area contributed by atoms with Gasteiger partial charge in [-0.15, -0.1) is 0 Å². The van der Waals surface area contributed by atoms with Crippen molar-refractivity contribution in [1.82, 2.24) is 5.32 Å². The molecule has 1 saturated carbocycles. The molecule has 1 aromatic rings. The largest absolute Gasteiger partial charge is 0.326 e. The molecule has 18 heavy (non-hydrogen) atoms. The molecule has 1 aliphatic heterocycles. The molecular weight excluding hydrogens is 224 g/mol. The number of benzene rings is 1. The van der Waals surface area contributed by atoms with E-state index in [0.717, 1.165) is 11.3 Å². The maximum absolute atomic E-state index is 11.4. The predicted molar refractivity (Wildman–Crippen MR) is 72.5 cm³/mol. The fourth-order valence-electron chi connectivity index (χ4n) is 3.12. The van der Waals surface area contributed by atoms with Crippen LogP contribution < -0.4 is 10.6 Å². The molecule has 0 radical (unpaired) electrons. The Morgan fingerprint density at radius 3 is 2.78 bits per heavy atom. The highest BCUT2D eigenvalue weighted by Gasteiger charge is 2.50. The Balaban J connectivity index is 1.88. The van der Waals surface area contributed by atoms with Crippen LogP contribution >= 0.6 is 0 Å². The van der Waals surface area contributed by atoms with Crippen LogP contribution in [0.1, 0.15) is 37.4 Å². The van der Waals surface area contributed by atoms with Crippen molar-refractivity contribution in [2.24, 2.45) is 11.3 Å². The predicted octanol–water partition coefficient (Wildman–Crippen LogP) is 2.49. The second-order valence-electron chi connectivity index (χ2n) is 6.21. The Labute approximate surface area is 108 Å². The summed E-state index contributed by atoms with van der Waals surface area (Å²) in [6.07, 6.45) is 1.79. The van der Waals surface area contributed by atoms with Gasteiger partial charge in [-0.25, -0.2) is 0 Å². The van der Waals surface area contributed by atoms with Crippen LogP contribution in [0.15, 0.2) is 18.2 Å². The lowest BCUT2D eigenvalue weighted by atomic mass is 9.95. The zero-order valence-corrected chi connectivity index (χ0v) is 11.2. The minimum absolute atomic E-state index is 0.106. The zero-order valence-electron chi connectivity index (χ0n) is 11.2. The SMILES string of the molecule is CNC(c1ccc2c(c1)CC(=O)N2)C1CC1(C)C. The third-order valence-corrected chi connectivity index (χ3v) is 4.42. The maximum Gasteiger partial charge on any atom is 0.228 e. The first kappa shape index (κ1) is 11.7. The highest BCUT2D eigenvalue weighted by atomic mass is 16.1. The van der Waals surface area contributed by atoms with E-state index in [2.05, 4.69) is 36.6 Å². The quantitative estimate of drug-likeness (QED) is 0.857. The van der Waals surface area contributed by atoms with Crippen molar-refractivity contribution >= 4 is 11.6 Å². The van der Waals surface area contributed by atoms with Gasteiger partial charge >= 0.3 is 0 Å². The highest BCUT2D eigenvalue weighted by Crippen LogP contribution is 2.57. The van der Waals surface area contributed by atoms with E-state index in [1.54, 1.807) is 0 Å². The number of hydrogen-bond donors (Lipinski definition) is 2. The molecule has 0 spiro atoms.